The van der Waals surface area contributed by atoms with Crippen LogP contribution in [0.15, 0.2) is 11.6 Å². The van der Waals surface area contributed by atoms with Gasteiger partial charge in [0.15, 0.2) is 5.78 Å². The van der Waals surface area contributed by atoms with Gasteiger partial charge in [0.1, 0.15) is 11.7 Å². The first-order valence-corrected chi connectivity index (χ1v) is 14.0. The highest BCUT2D eigenvalue weighted by atomic mass is 16.6. The quantitative estimate of drug-likeness (QED) is 0.355. The maximum atomic E-state index is 13.4. The van der Waals surface area contributed by atoms with Crippen molar-refractivity contribution in [1.82, 2.24) is 0 Å². The van der Waals surface area contributed by atoms with E-state index in [-0.39, 0.29) is 24.0 Å². The van der Waals surface area contributed by atoms with Gasteiger partial charge in [-0.25, -0.2) is 0 Å². The van der Waals surface area contributed by atoms with Crippen molar-refractivity contribution in [1.29, 1.82) is 0 Å². The minimum Gasteiger partial charge on any atom is -0.459 e. The molecular weight excluding hydrogens is 476 g/mol. The molecule has 0 aromatic heterocycles. The molecule has 4 fully saturated rings. The Kier molecular flexibility index (Phi) is 6.33. The molecule has 0 bridgehead atoms. The first-order chi connectivity index (χ1) is 17.1. The lowest BCUT2D eigenvalue weighted by Gasteiger charge is -2.61. The van der Waals surface area contributed by atoms with Crippen molar-refractivity contribution >= 4 is 11.8 Å². The van der Waals surface area contributed by atoms with Crippen molar-refractivity contribution in [2.24, 2.45) is 40.4 Å². The molecule has 13 atom stereocenters. The lowest BCUT2D eigenvalue weighted by Crippen LogP contribution is -2.63. The lowest BCUT2D eigenvalue weighted by molar-refractivity contribution is -0.210. The fourth-order valence-corrected chi connectivity index (χ4v) is 9.43. The maximum Gasteiger partial charge on any atom is 0.309 e. The molecule has 5 rings (SSSR count). The van der Waals surface area contributed by atoms with E-state index in [9.17, 15) is 35.1 Å². The fraction of sp³-hybridized carbons (Fsp3) is 0.862. The van der Waals surface area contributed by atoms with E-state index in [1.807, 2.05) is 13.8 Å². The standard InChI is InChI=1S/C29H44O8/c1-14-16(15(2)30)10-24(37-25(14)34)28(5,35)23-7-9-29(36)18-11-20(31)19-12-21(32)22(33)13-26(19,3)17(18)6-8-27(23,29)4/h11,14-17,19,21-24,30,32-33,35-36H,6-10,12-13H2,1-5H3/t14-,15+,16-,17-,19-,21+,22-,23-,24+,26+,27+,28?,29+/m0/s1. The number of fused-ring (bicyclic) bond motifs is 5. The van der Waals surface area contributed by atoms with Gasteiger partial charge in [-0.15, -0.1) is 0 Å². The van der Waals surface area contributed by atoms with Crippen LogP contribution < -0.4 is 0 Å². The number of carbonyl (C=O) groups excluding carboxylic acids is 2. The maximum absolute atomic E-state index is 13.4. The highest BCUT2D eigenvalue weighted by Gasteiger charge is 2.69. The Morgan fingerprint density at radius 3 is 2.41 bits per heavy atom. The van der Waals surface area contributed by atoms with Crippen LogP contribution in [0.1, 0.15) is 79.6 Å². The van der Waals surface area contributed by atoms with E-state index in [1.54, 1.807) is 26.8 Å². The van der Waals surface area contributed by atoms with Crippen LogP contribution in [0.5, 0.6) is 0 Å². The minimum atomic E-state index is -1.44. The summed E-state index contributed by atoms with van der Waals surface area (Å²) in [7, 11) is 0. The molecule has 1 unspecified atom stereocenters. The largest absolute Gasteiger partial charge is 0.459 e. The van der Waals surface area contributed by atoms with Gasteiger partial charge >= 0.3 is 5.97 Å². The number of hydrogen-bond donors (Lipinski definition) is 5. The third-order valence-corrected chi connectivity index (χ3v) is 11.9. The van der Waals surface area contributed by atoms with Crippen LogP contribution >= 0.6 is 0 Å². The second kappa shape index (κ2) is 8.59. The van der Waals surface area contributed by atoms with E-state index in [0.717, 1.165) is 0 Å². The Morgan fingerprint density at radius 2 is 1.76 bits per heavy atom. The topological polar surface area (TPSA) is 145 Å². The van der Waals surface area contributed by atoms with Gasteiger partial charge in [0.05, 0.1) is 29.8 Å². The van der Waals surface area contributed by atoms with Gasteiger partial charge in [0.2, 0.25) is 0 Å². The molecule has 1 aliphatic heterocycles. The molecule has 1 saturated heterocycles. The zero-order chi connectivity index (χ0) is 27.3. The van der Waals surface area contributed by atoms with E-state index in [1.165, 1.54) is 0 Å². The minimum absolute atomic E-state index is 0.105. The number of hydrogen-bond acceptors (Lipinski definition) is 8. The van der Waals surface area contributed by atoms with Gasteiger partial charge in [-0.05, 0) is 87.7 Å². The SMILES string of the molecule is C[C@@H]1C(=O)O[C@@H](C(C)(O)[C@H]2CC[C@@]3(O)C4=CC(=O)[C@@H]5C[C@@H](O)[C@@H](O)C[C@]5(C)[C@H]4CC[C@]23C)C[C@@H]1[C@@H](C)O. The summed E-state index contributed by atoms with van der Waals surface area (Å²) in [4.78, 5) is 26.0. The molecule has 8 heteroatoms. The number of allylic oxidation sites excluding steroid dienone is 1. The second-order valence-electron chi connectivity index (χ2n) is 13.7. The highest BCUT2D eigenvalue weighted by molar-refractivity contribution is 5.95. The zero-order valence-corrected chi connectivity index (χ0v) is 22.7. The van der Waals surface area contributed by atoms with Gasteiger partial charge < -0.3 is 30.3 Å². The molecule has 0 spiro atoms. The average molecular weight is 521 g/mol. The van der Waals surface area contributed by atoms with E-state index in [0.29, 0.717) is 44.1 Å². The third-order valence-electron chi connectivity index (χ3n) is 11.9. The Bertz CT molecular complexity index is 1000. The summed E-state index contributed by atoms with van der Waals surface area (Å²) in [6, 6.07) is 0. The number of esters is 1. The van der Waals surface area contributed by atoms with Crippen LogP contribution in [0.2, 0.25) is 0 Å². The highest BCUT2D eigenvalue weighted by Crippen LogP contribution is 2.68. The van der Waals surface area contributed by atoms with Gasteiger partial charge in [-0.1, -0.05) is 20.8 Å². The van der Waals surface area contributed by atoms with Gasteiger partial charge in [0, 0.05) is 17.3 Å². The summed E-state index contributed by atoms with van der Waals surface area (Å²) in [5, 5.41) is 55.5. The monoisotopic (exact) mass is 520 g/mol. The normalized spacial score (nSPS) is 52.2. The fourth-order valence-electron chi connectivity index (χ4n) is 9.43. The molecule has 4 aliphatic carbocycles. The van der Waals surface area contributed by atoms with Crippen LogP contribution in [-0.4, -0.2) is 72.9 Å². The van der Waals surface area contributed by atoms with Crippen LogP contribution in [0.25, 0.3) is 0 Å². The molecule has 1 heterocycles. The summed E-state index contributed by atoms with van der Waals surface area (Å²) in [5.41, 5.74) is -3.37. The second-order valence-corrected chi connectivity index (χ2v) is 13.7. The zero-order valence-electron chi connectivity index (χ0n) is 22.7. The number of cyclic esters (lactones) is 1. The van der Waals surface area contributed by atoms with Gasteiger partial charge in [-0.2, -0.15) is 0 Å². The van der Waals surface area contributed by atoms with E-state index in [4.69, 9.17) is 4.74 Å². The molecular formula is C29H44O8. The van der Waals surface area contributed by atoms with Crippen LogP contribution in [0, 0.1) is 40.4 Å². The summed E-state index contributed by atoms with van der Waals surface area (Å²) in [5.74, 6) is -2.22. The van der Waals surface area contributed by atoms with E-state index < -0.39 is 70.2 Å². The predicted molar refractivity (Wildman–Crippen MR) is 134 cm³/mol. The molecule has 0 aromatic carbocycles. The van der Waals surface area contributed by atoms with Crippen molar-refractivity contribution in [2.75, 3.05) is 0 Å². The number of aliphatic hydroxyl groups excluding tert-OH is 3. The molecule has 0 aromatic rings. The molecule has 5 aliphatic rings. The first-order valence-electron chi connectivity index (χ1n) is 14.0. The van der Waals surface area contributed by atoms with E-state index in [2.05, 4.69) is 0 Å². The number of ketones is 1. The average Bonchev–Trinajstić information content (AvgIpc) is 3.09. The molecule has 37 heavy (non-hydrogen) atoms. The van der Waals surface area contributed by atoms with E-state index >= 15 is 0 Å². The van der Waals surface area contributed by atoms with Crippen molar-refractivity contribution in [2.45, 2.75) is 115 Å². The van der Waals surface area contributed by atoms with Crippen molar-refractivity contribution in [3.05, 3.63) is 11.6 Å². The number of rotatable bonds is 3. The van der Waals surface area contributed by atoms with Crippen LogP contribution in [-0.2, 0) is 14.3 Å². The van der Waals surface area contributed by atoms with Gasteiger partial charge in [0.25, 0.3) is 0 Å². The summed E-state index contributed by atoms with van der Waals surface area (Å²) in [6.07, 6.45) is 1.29. The molecule has 0 amide bonds. The van der Waals surface area contributed by atoms with Crippen LogP contribution in [0.4, 0.5) is 0 Å². The van der Waals surface area contributed by atoms with Crippen molar-refractivity contribution in [3.8, 4) is 0 Å². The number of aliphatic hydroxyl groups is 5. The first kappa shape index (κ1) is 27.3. The molecule has 208 valence electrons. The van der Waals surface area contributed by atoms with Crippen molar-refractivity contribution < 1.29 is 39.9 Å². The molecule has 3 saturated carbocycles. The third kappa shape index (κ3) is 3.65. The predicted octanol–water partition coefficient (Wildman–Crippen LogP) is 1.89. The Balaban J connectivity index is 1.48. The number of ether oxygens (including phenoxy) is 1. The Morgan fingerprint density at radius 1 is 1.08 bits per heavy atom. The molecule has 0 radical (unpaired) electrons. The van der Waals surface area contributed by atoms with Gasteiger partial charge in [-0.3, -0.25) is 9.59 Å². The lowest BCUT2D eigenvalue weighted by atomic mass is 9.45. The number of carbonyl (C=O) groups is 2. The Hall–Kier alpha value is -1.32. The molecule has 8 nitrogen and oxygen atoms in total. The molecule has 5 N–H and O–H groups in total. The van der Waals surface area contributed by atoms with Crippen molar-refractivity contribution in [3.63, 3.8) is 0 Å². The summed E-state index contributed by atoms with van der Waals surface area (Å²) < 4.78 is 5.74. The summed E-state index contributed by atoms with van der Waals surface area (Å²) >= 11 is 0. The van der Waals surface area contributed by atoms with Crippen LogP contribution in [0.3, 0.4) is 0 Å². The smallest absolute Gasteiger partial charge is 0.309 e. The summed E-state index contributed by atoms with van der Waals surface area (Å²) in [6.45, 7) is 9.07. The Labute approximate surface area is 219 Å².